The lowest BCUT2D eigenvalue weighted by molar-refractivity contribution is 0.153. The molecule has 0 N–H and O–H groups in total. The van der Waals surface area contributed by atoms with Gasteiger partial charge in [0.25, 0.3) is 6.43 Å². The van der Waals surface area contributed by atoms with Gasteiger partial charge in [0.1, 0.15) is 11.5 Å². The molecule has 0 fully saturated rings. The Hall–Kier alpha value is -3.55. The van der Waals surface area contributed by atoms with Gasteiger partial charge in [-0.3, -0.25) is 0 Å². The Balaban J connectivity index is 2.01. The number of halogens is 3. The lowest BCUT2D eigenvalue weighted by Gasteiger charge is -2.12. The van der Waals surface area contributed by atoms with Crippen LogP contribution in [-0.2, 0) is 0 Å². The van der Waals surface area contributed by atoms with E-state index in [-0.39, 0.29) is 28.0 Å². The first-order valence-corrected chi connectivity index (χ1v) is 9.10. The SMILES string of the molecule is COc1ccc(-c2cc(C(F)F)c3c(C)nn(-c4ccccc4F)c3n2)cc1OC. The summed E-state index contributed by atoms with van der Waals surface area (Å²) in [7, 11) is 2.99. The number of hydrogen-bond donors (Lipinski definition) is 0. The number of fused-ring (bicyclic) bond motifs is 1. The van der Waals surface area contributed by atoms with Gasteiger partial charge in [-0.05, 0) is 43.3 Å². The maximum Gasteiger partial charge on any atom is 0.264 e. The lowest BCUT2D eigenvalue weighted by atomic mass is 10.1. The zero-order chi connectivity index (χ0) is 21.4. The largest absolute Gasteiger partial charge is 0.493 e. The van der Waals surface area contributed by atoms with E-state index in [2.05, 4.69) is 10.1 Å². The molecule has 0 bridgehead atoms. The van der Waals surface area contributed by atoms with Gasteiger partial charge in [-0.15, -0.1) is 0 Å². The maximum atomic E-state index is 14.4. The number of benzene rings is 2. The Morgan fingerprint density at radius 3 is 2.37 bits per heavy atom. The molecule has 2 aromatic heterocycles. The number of hydrogen-bond acceptors (Lipinski definition) is 4. The average molecular weight is 413 g/mol. The molecular weight excluding hydrogens is 395 g/mol. The van der Waals surface area contributed by atoms with Crippen molar-refractivity contribution in [1.29, 1.82) is 0 Å². The van der Waals surface area contributed by atoms with Gasteiger partial charge < -0.3 is 9.47 Å². The second-order valence-electron chi connectivity index (χ2n) is 6.61. The number of para-hydroxylation sites is 1. The smallest absolute Gasteiger partial charge is 0.264 e. The third-order valence-electron chi connectivity index (χ3n) is 4.84. The molecule has 5 nitrogen and oxygen atoms in total. The Kier molecular flexibility index (Phi) is 5.07. The van der Waals surface area contributed by atoms with Crippen molar-refractivity contribution >= 4 is 11.0 Å². The van der Waals surface area contributed by atoms with Gasteiger partial charge in [-0.1, -0.05) is 12.1 Å². The summed E-state index contributed by atoms with van der Waals surface area (Å²) in [5.41, 5.74) is 1.25. The number of ether oxygens (including phenoxy) is 2. The van der Waals surface area contributed by atoms with Crippen LogP contribution >= 0.6 is 0 Å². The fraction of sp³-hybridized carbons (Fsp3) is 0.182. The first-order valence-electron chi connectivity index (χ1n) is 9.10. The van der Waals surface area contributed by atoms with Crippen LogP contribution in [0.15, 0.2) is 48.5 Å². The number of pyridine rings is 1. The van der Waals surface area contributed by atoms with Gasteiger partial charge in [-0.25, -0.2) is 22.8 Å². The van der Waals surface area contributed by atoms with Crippen molar-refractivity contribution in [1.82, 2.24) is 14.8 Å². The van der Waals surface area contributed by atoms with E-state index in [1.54, 1.807) is 37.3 Å². The zero-order valence-corrected chi connectivity index (χ0v) is 16.5. The fourth-order valence-electron chi connectivity index (χ4n) is 3.43. The lowest BCUT2D eigenvalue weighted by Crippen LogP contribution is -2.02. The van der Waals surface area contributed by atoms with E-state index < -0.39 is 12.2 Å². The number of aryl methyl sites for hydroxylation is 1. The number of nitrogens with zero attached hydrogens (tertiary/aromatic N) is 3. The Labute approximate surface area is 170 Å². The highest BCUT2D eigenvalue weighted by Gasteiger charge is 2.23. The van der Waals surface area contributed by atoms with E-state index in [0.717, 1.165) is 0 Å². The molecule has 30 heavy (non-hydrogen) atoms. The first-order chi connectivity index (χ1) is 14.4. The third kappa shape index (κ3) is 3.24. The predicted molar refractivity (Wildman–Crippen MR) is 107 cm³/mol. The summed E-state index contributed by atoms with van der Waals surface area (Å²) in [6.45, 7) is 1.60. The minimum atomic E-state index is -2.76. The summed E-state index contributed by atoms with van der Waals surface area (Å²) in [6.07, 6.45) is -2.76. The summed E-state index contributed by atoms with van der Waals surface area (Å²) < 4.78 is 54.1. The molecule has 0 unspecified atom stereocenters. The monoisotopic (exact) mass is 413 g/mol. The summed E-state index contributed by atoms with van der Waals surface area (Å²) in [4.78, 5) is 4.56. The number of rotatable bonds is 5. The van der Waals surface area contributed by atoms with E-state index in [0.29, 0.717) is 22.8 Å². The van der Waals surface area contributed by atoms with Crippen molar-refractivity contribution in [2.24, 2.45) is 0 Å². The van der Waals surface area contributed by atoms with Crippen LogP contribution in [-0.4, -0.2) is 29.0 Å². The highest BCUT2D eigenvalue weighted by Crippen LogP contribution is 2.36. The molecule has 4 aromatic rings. The van der Waals surface area contributed by atoms with Crippen molar-refractivity contribution in [3.63, 3.8) is 0 Å². The van der Waals surface area contributed by atoms with Crippen molar-refractivity contribution in [3.8, 4) is 28.4 Å². The molecule has 0 radical (unpaired) electrons. The molecule has 0 saturated carbocycles. The third-order valence-corrected chi connectivity index (χ3v) is 4.84. The molecule has 4 rings (SSSR count). The number of methoxy groups -OCH3 is 2. The van der Waals surface area contributed by atoms with Crippen LogP contribution in [0.25, 0.3) is 28.0 Å². The fourth-order valence-corrected chi connectivity index (χ4v) is 3.43. The summed E-state index contributed by atoms with van der Waals surface area (Å²) >= 11 is 0. The van der Waals surface area contributed by atoms with Crippen molar-refractivity contribution in [2.75, 3.05) is 14.2 Å². The standard InChI is InChI=1S/C22H18F3N3O2/c1-12-20-14(21(24)25)11-16(13-8-9-18(29-2)19(10-13)30-3)26-22(20)28(27-12)17-7-5-4-6-15(17)23/h4-11,21H,1-3H3. The highest BCUT2D eigenvalue weighted by molar-refractivity contribution is 5.86. The van der Waals surface area contributed by atoms with Crippen LogP contribution in [0.5, 0.6) is 11.5 Å². The minimum Gasteiger partial charge on any atom is -0.493 e. The predicted octanol–water partition coefficient (Wildman–Crippen LogP) is 5.49. The van der Waals surface area contributed by atoms with Crippen LogP contribution in [0.3, 0.4) is 0 Å². The minimum absolute atomic E-state index is 0.132. The quantitative estimate of drug-likeness (QED) is 0.434. The Bertz CT molecular complexity index is 1240. The molecule has 2 heterocycles. The van der Waals surface area contributed by atoms with Crippen LogP contribution in [0.4, 0.5) is 13.2 Å². The van der Waals surface area contributed by atoms with Gasteiger partial charge >= 0.3 is 0 Å². The molecule has 0 aliphatic carbocycles. The van der Waals surface area contributed by atoms with Gasteiger partial charge in [0.2, 0.25) is 0 Å². The van der Waals surface area contributed by atoms with Gasteiger partial charge in [0.05, 0.1) is 31.0 Å². The van der Waals surface area contributed by atoms with Crippen LogP contribution in [0.1, 0.15) is 17.7 Å². The number of alkyl halides is 2. The molecule has 0 amide bonds. The molecule has 0 aliphatic rings. The van der Waals surface area contributed by atoms with Crippen LogP contribution in [0.2, 0.25) is 0 Å². The van der Waals surface area contributed by atoms with Gasteiger partial charge in [0, 0.05) is 11.1 Å². The van der Waals surface area contributed by atoms with Crippen molar-refractivity contribution in [2.45, 2.75) is 13.3 Å². The second kappa shape index (κ2) is 7.70. The first kappa shape index (κ1) is 19.8. The summed E-state index contributed by atoms with van der Waals surface area (Å²) in [5.74, 6) is 0.414. The van der Waals surface area contributed by atoms with Crippen molar-refractivity contribution < 1.29 is 22.6 Å². The van der Waals surface area contributed by atoms with Crippen LogP contribution in [0, 0.1) is 12.7 Å². The molecular formula is C22H18F3N3O2. The molecule has 8 heteroatoms. The second-order valence-corrected chi connectivity index (χ2v) is 6.61. The molecule has 2 aromatic carbocycles. The molecule has 0 saturated heterocycles. The van der Waals surface area contributed by atoms with E-state index in [9.17, 15) is 13.2 Å². The van der Waals surface area contributed by atoms with E-state index >= 15 is 0 Å². The normalized spacial score (nSPS) is 11.3. The maximum absolute atomic E-state index is 14.4. The molecule has 0 spiro atoms. The van der Waals surface area contributed by atoms with E-state index in [1.165, 1.54) is 37.1 Å². The van der Waals surface area contributed by atoms with E-state index in [4.69, 9.17) is 9.47 Å². The topological polar surface area (TPSA) is 49.2 Å². The number of aromatic nitrogens is 3. The molecule has 154 valence electrons. The Morgan fingerprint density at radius 1 is 0.967 bits per heavy atom. The zero-order valence-electron chi connectivity index (χ0n) is 16.5. The Morgan fingerprint density at radius 2 is 1.70 bits per heavy atom. The summed E-state index contributed by atoms with van der Waals surface area (Å²) in [5, 5.41) is 4.50. The molecule has 0 aliphatic heterocycles. The summed E-state index contributed by atoms with van der Waals surface area (Å²) in [6, 6.07) is 12.3. The highest BCUT2D eigenvalue weighted by atomic mass is 19.3. The van der Waals surface area contributed by atoms with E-state index in [1.807, 2.05) is 0 Å². The van der Waals surface area contributed by atoms with Gasteiger partial charge in [0.15, 0.2) is 17.1 Å². The molecule has 0 atom stereocenters. The van der Waals surface area contributed by atoms with Crippen molar-refractivity contribution in [3.05, 3.63) is 65.6 Å². The average Bonchev–Trinajstić information content (AvgIpc) is 3.09. The van der Waals surface area contributed by atoms with Gasteiger partial charge in [-0.2, -0.15) is 5.10 Å². The van der Waals surface area contributed by atoms with Crippen LogP contribution < -0.4 is 9.47 Å².